The maximum Gasteiger partial charge on any atom is 0.255 e. The molecule has 0 aliphatic carbocycles. The molecule has 31 heavy (non-hydrogen) atoms. The van der Waals surface area contributed by atoms with Gasteiger partial charge in [-0.2, -0.15) is 0 Å². The molecule has 0 bridgehead atoms. The molecule has 1 N–H and O–H groups in total. The number of carbonyl (C=O) groups excluding carboxylic acids is 2. The van der Waals surface area contributed by atoms with Crippen LogP contribution < -0.4 is 10.2 Å². The van der Waals surface area contributed by atoms with Crippen molar-refractivity contribution in [2.24, 2.45) is 7.05 Å². The summed E-state index contributed by atoms with van der Waals surface area (Å²) in [5.74, 6) is 0.779. The van der Waals surface area contributed by atoms with Gasteiger partial charge in [-0.3, -0.25) is 9.59 Å². The number of aromatic nitrogens is 2. The van der Waals surface area contributed by atoms with Crippen LogP contribution in [0, 0.1) is 0 Å². The molecule has 4 aromatic rings. The molecule has 0 saturated carbocycles. The fraction of sp³-hybridized carbons (Fsp3) is 0.160. The van der Waals surface area contributed by atoms with Gasteiger partial charge in [-0.15, -0.1) is 0 Å². The fourth-order valence-electron chi connectivity index (χ4n) is 4.05. The summed E-state index contributed by atoms with van der Waals surface area (Å²) in [7, 11) is 2.00. The molecular formula is C25H22N4O2. The smallest absolute Gasteiger partial charge is 0.255 e. The number of benzene rings is 3. The van der Waals surface area contributed by atoms with Gasteiger partial charge in [0.05, 0.1) is 11.0 Å². The topological polar surface area (TPSA) is 67.2 Å². The van der Waals surface area contributed by atoms with Crippen LogP contribution in [-0.4, -0.2) is 27.9 Å². The molecule has 1 aliphatic heterocycles. The second-order valence-corrected chi connectivity index (χ2v) is 7.71. The summed E-state index contributed by atoms with van der Waals surface area (Å²) in [5.41, 5.74) is 5.00. The van der Waals surface area contributed by atoms with Crippen LogP contribution in [-0.2, 0) is 11.8 Å². The summed E-state index contributed by atoms with van der Waals surface area (Å²) in [6.45, 7) is 0.702. The summed E-state index contributed by atoms with van der Waals surface area (Å²) in [4.78, 5) is 31.2. The van der Waals surface area contributed by atoms with E-state index in [9.17, 15) is 9.59 Å². The lowest BCUT2D eigenvalue weighted by Gasteiger charge is -2.16. The zero-order chi connectivity index (χ0) is 21.4. The quantitative estimate of drug-likeness (QED) is 0.534. The normalized spacial score (nSPS) is 13.7. The zero-order valence-electron chi connectivity index (χ0n) is 17.2. The fourth-order valence-corrected chi connectivity index (χ4v) is 4.05. The average Bonchev–Trinajstić information content (AvgIpc) is 3.38. The molecule has 6 nitrogen and oxygen atoms in total. The number of rotatable bonds is 4. The first-order valence-corrected chi connectivity index (χ1v) is 10.3. The highest BCUT2D eigenvalue weighted by Crippen LogP contribution is 2.26. The number of hydrogen-bond acceptors (Lipinski definition) is 3. The van der Waals surface area contributed by atoms with Crippen molar-refractivity contribution in [2.45, 2.75) is 12.8 Å². The van der Waals surface area contributed by atoms with Crippen LogP contribution >= 0.6 is 0 Å². The maximum atomic E-state index is 12.8. The minimum atomic E-state index is -0.205. The Morgan fingerprint density at radius 3 is 2.55 bits per heavy atom. The first kappa shape index (κ1) is 19.1. The van der Waals surface area contributed by atoms with Crippen molar-refractivity contribution < 1.29 is 9.59 Å². The Bertz CT molecular complexity index is 1290. The van der Waals surface area contributed by atoms with Crippen molar-refractivity contribution in [3.63, 3.8) is 0 Å². The molecule has 0 radical (unpaired) electrons. The van der Waals surface area contributed by atoms with E-state index >= 15 is 0 Å². The van der Waals surface area contributed by atoms with Crippen molar-refractivity contribution in [1.29, 1.82) is 0 Å². The molecule has 2 heterocycles. The summed E-state index contributed by atoms with van der Waals surface area (Å²) in [6.07, 6.45) is 1.42. The largest absolute Gasteiger partial charge is 0.327 e. The highest BCUT2D eigenvalue weighted by molar-refractivity contribution is 6.05. The van der Waals surface area contributed by atoms with E-state index in [-0.39, 0.29) is 11.8 Å². The molecule has 1 aromatic heterocycles. The van der Waals surface area contributed by atoms with Crippen molar-refractivity contribution in [2.75, 3.05) is 16.8 Å². The van der Waals surface area contributed by atoms with E-state index in [1.807, 2.05) is 67.7 Å². The minimum Gasteiger partial charge on any atom is -0.327 e. The monoisotopic (exact) mass is 410 g/mol. The molecular weight excluding hydrogens is 388 g/mol. The van der Waals surface area contributed by atoms with Gasteiger partial charge in [0.15, 0.2) is 0 Å². The Labute approximate surface area is 180 Å². The number of amides is 2. The predicted molar refractivity (Wildman–Crippen MR) is 122 cm³/mol. The van der Waals surface area contributed by atoms with E-state index in [1.54, 1.807) is 17.0 Å². The second-order valence-electron chi connectivity index (χ2n) is 7.71. The average molecular weight is 410 g/mol. The van der Waals surface area contributed by atoms with Gasteiger partial charge in [-0.1, -0.05) is 18.2 Å². The summed E-state index contributed by atoms with van der Waals surface area (Å²) < 4.78 is 2.06. The summed E-state index contributed by atoms with van der Waals surface area (Å²) in [5, 5.41) is 2.94. The first-order valence-electron chi connectivity index (χ1n) is 10.3. The van der Waals surface area contributed by atoms with E-state index in [0.29, 0.717) is 24.2 Å². The Kier molecular flexibility index (Phi) is 4.75. The van der Waals surface area contributed by atoms with Crippen LogP contribution in [0.15, 0.2) is 72.8 Å². The number of aryl methyl sites for hydroxylation is 1. The maximum absolute atomic E-state index is 12.8. The Hall–Kier alpha value is -3.93. The molecule has 2 amide bonds. The highest BCUT2D eigenvalue weighted by Gasteiger charge is 2.22. The lowest BCUT2D eigenvalue weighted by atomic mass is 10.1. The number of nitrogens with zero attached hydrogens (tertiary/aromatic N) is 3. The molecule has 0 unspecified atom stereocenters. The van der Waals surface area contributed by atoms with Gasteiger partial charge in [-0.25, -0.2) is 4.98 Å². The Morgan fingerprint density at radius 1 is 1.00 bits per heavy atom. The Balaban J connectivity index is 1.34. The van der Waals surface area contributed by atoms with E-state index in [1.165, 1.54) is 0 Å². The van der Waals surface area contributed by atoms with E-state index in [4.69, 9.17) is 4.98 Å². The third-order valence-corrected chi connectivity index (χ3v) is 5.68. The molecule has 5 rings (SSSR count). The number of hydrogen-bond donors (Lipinski definition) is 1. The van der Waals surface area contributed by atoms with Crippen molar-refractivity contribution in [1.82, 2.24) is 9.55 Å². The molecule has 0 atom stereocenters. The van der Waals surface area contributed by atoms with Crippen LogP contribution in [0.2, 0.25) is 0 Å². The third kappa shape index (κ3) is 3.57. The number of nitrogens with one attached hydrogen (secondary N) is 1. The molecule has 3 aromatic carbocycles. The van der Waals surface area contributed by atoms with E-state index < -0.39 is 0 Å². The number of carbonyl (C=O) groups is 2. The lowest BCUT2D eigenvalue weighted by Crippen LogP contribution is -2.24. The Morgan fingerprint density at radius 2 is 1.81 bits per heavy atom. The van der Waals surface area contributed by atoms with Gasteiger partial charge in [-0.05, 0) is 61.0 Å². The lowest BCUT2D eigenvalue weighted by molar-refractivity contribution is -0.117. The molecule has 1 saturated heterocycles. The summed E-state index contributed by atoms with van der Waals surface area (Å²) >= 11 is 0. The highest BCUT2D eigenvalue weighted by atomic mass is 16.2. The van der Waals surface area contributed by atoms with Crippen molar-refractivity contribution in [3.05, 3.63) is 78.4 Å². The van der Waals surface area contributed by atoms with Crippen LogP contribution in [0.25, 0.3) is 22.4 Å². The zero-order valence-corrected chi connectivity index (χ0v) is 17.2. The van der Waals surface area contributed by atoms with Gasteiger partial charge in [0.1, 0.15) is 5.82 Å². The predicted octanol–water partition coefficient (Wildman–Crippen LogP) is 4.62. The van der Waals surface area contributed by atoms with Gasteiger partial charge < -0.3 is 14.8 Å². The second kappa shape index (κ2) is 7.72. The van der Waals surface area contributed by atoms with Crippen LogP contribution in [0.1, 0.15) is 23.2 Å². The van der Waals surface area contributed by atoms with Gasteiger partial charge in [0.2, 0.25) is 5.91 Å². The number of anilines is 2. The number of fused-ring (bicyclic) bond motifs is 1. The molecule has 1 fully saturated rings. The number of para-hydroxylation sites is 2. The van der Waals surface area contributed by atoms with Crippen LogP contribution in [0.4, 0.5) is 11.4 Å². The molecule has 6 heteroatoms. The SMILES string of the molecule is Cn1c(-c2ccc(NC(=O)c3cccc(N4CCCC4=O)c3)cc2)nc2ccccc21. The van der Waals surface area contributed by atoms with Gasteiger partial charge >= 0.3 is 0 Å². The van der Waals surface area contributed by atoms with Crippen LogP contribution in [0.5, 0.6) is 0 Å². The van der Waals surface area contributed by atoms with Gasteiger partial charge in [0.25, 0.3) is 5.91 Å². The van der Waals surface area contributed by atoms with Crippen molar-refractivity contribution >= 4 is 34.2 Å². The first-order chi connectivity index (χ1) is 15.1. The molecule has 1 aliphatic rings. The molecule has 154 valence electrons. The van der Waals surface area contributed by atoms with Crippen molar-refractivity contribution in [3.8, 4) is 11.4 Å². The van der Waals surface area contributed by atoms with Crippen LogP contribution in [0.3, 0.4) is 0 Å². The van der Waals surface area contributed by atoms with Gasteiger partial charge in [0, 0.05) is 42.5 Å². The standard InChI is InChI=1S/C25H22N4O2/c1-28-22-9-3-2-8-21(22)27-24(28)17-11-13-19(14-12-17)26-25(31)18-6-4-7-20(16-18)29-15-5-10-23(29)30/h2-4,6-9,11-14,16H,5,10,15H2,1H3,(H,26,31). The number of imidazole rings is 1. The molecule has 0 spiro atoms. The van der Waals surface area contributed by atoms with E-state index in [0.717, 1.165) is 34.5 Å². The third-order valence-electron chi connectivity index (χ3n) is 5.68. The van der Waals surface area contributed by atoms with E-state index in [2.05, 4.69) is 9.88 Å². The minimum absolute atomic E-state index is 0.107. The summed E-state index contributed by atoms with van der Waals surface area (Å²) in [6, 6.07) is 22.9.